The van der Waals surface area contributed by atoms with E-state index in [9.17, 15) is 9.59 Å². The van der Waals surface area contributed by atoms with Crippen molar-refractivity contribution in [2.24, 2.45) is 5.73 Å². The summed E-state index contributed by atoms with van der Waals surface area (Å²) in [6, 6.07) is 6.80. The molecule has 0 bridgehead atoms. The maximum atomic E-state index is 11.7. The molecule has 1 aromatic rings. The van der Waals surface area contributed by atoms with E-state index in [2.05, 4.69) is 5.32 Å². The van der Waals surface area contributed by atoms with Crippen molar-refractivity contribution in [3.8, 4) is 0 Å². The molecule has 0 fully saturated rings. The maximum absolute atomic E-state index is 11.7. The van der Waals surface area contributed by atoms with Crippen molar-refractivity contribution in [1.29, 1.82) is 0 Å². The Morgan fingerprint density at radius 1 is 1.45 bits per heavy atom. The van der Waals surface area contributed by atoms with Crippen LogP contribution in [-0.2, 0) is 9.59 Å². The second kappa shape index (κ2) is 8.60. The number of carbonyl (C=O) groups is 2. The molecule has 6 heteroatoms. The number of aliphatic carboxylic acids is 1. The van der Waals surface area contributed by atoms with Crippen LogP contribution in [0.5, 0.6) is 0 Å². The summed E-state index contributed by atoms with van der Waals surface area (Å²) >= 11 is 1.45. The largest absolute Gasteiger partial charge is 0.480 e. The highest BCUT2D eigenvalue weighted by molar-refractivity contribution is 7.99. The minimum atomic E-state index is -0.991. The highest BCUT2D eigenvalue weighted by Gasteiger charge is 2.10. The lowest BCUT2D eigenvalue weighted by molar-refractivity contribution is -0.137. The number of carboxylic acid groups (broad SMARTS) is 1. The number of carbonyl (C=O) groups excluding carboxylic acids is 1. The third-order valence-electron chi connectivity index (χ3n) is 2.61. The summed E-state index contributed by atoms with van der Waals surface area (Å²) in [6.07, 6.45) is 1.12. The molecule has 0 aliphatic rings. The number of anilines is 1. The highest BCUT2D eigenvalue weighted by Crippen LogP contribution is 2.11. The SMILES string of the molecule is Cc1cccc(NC(=O)CCCSC[C@H](N)C(=O)O)c1. The number of hydrogen-bond acceptors (Lipinski definition) is 4. The molecule has 0 aromatic heterocycles. The van der Waals surface area contributed by atoms with Gasteiger partial charge in [-0.1, -0.05) is 12.1 Å². The average Bonchev–Trinajstić information content (AvgIpc) is 2.37. The molecular weight excluding hydrogens is 276 g/mol. The first-order valence-corrected chi connectivity index (χ1v) is 7.57. The molecule has 0 saturated carbocycles. The van der Waals surface area contributed by atoms with Crippen molar-refractivity contribution in [1.82, 2.24) is 0 Å². The van der Waals surface area contributed by atoms with Gasteiger partial charge in [0, 0.05) is 17.9 Å². The first-order valence-electron chi connectivity index (χ1n) is 6.41. The quantitative estimate of drug-likeness (QED) is 0.637. The van der Waals surface area contributed by atoms with Crippen molar-refractivity contribution in [2.45, 2.75) is 25.8 Å². The molecule has 20 heavy (non-hydrogen) atoms. The normalized spacial score (nSPS) is 11.9. The monoisotopic (exact) mass is 296 g/mol. The van der Waals surface area contributed by atoms with Crippen molar-refractivity contribution in [2.75, 3.05) is 16.8 Å². The Bertz CT molecular complexity index is 465. The fourth-order valence-corrected chi connectivity index (χ4v) is 2.47. The highest BCUT2D eigenvalue weighted by atomic mass is 32.2. The third kappa shape index (κ3) is 6.58. The van der Waals surface area contributed by atoms with Gasteiger partial charge in [-0.25, -0.2) is 0 Å². The fraction of sp³-hybridized carbons (Fsp3) is 0.429. The molecule has 0 spiro atoms. The smallest absolute Gasteiger partial charge is 0.321 e. The number of thioether (sulfide) groups is 1. The molecule has 110 valence electrons. The van der Waals surface area contributed by atoms with Gasteiger partial charge in [0.15, 0.2) is 0 Å². The van der Waals surface area contributed by atoms with Crippen molar-refractivity contribution < 1.29 is 14.7 Å². The molecule has 0 heterocycles. The molecule has 4 N–H and O–H groups in total. The van der Waals surface area contributed by atoms with Crippen LogP contribution in [0, 0.1) is 6.92 Å². The van der Waals surface area contributed by atoms with Crippen LogP contribution in [0.25, 0.3) is 0 Å². The fourth-order valence-electron chi connectivity index (χ4n) is 1.56. The molecule has 1 rings (SSSR count). The van der Waals surface area contributed by atoms with E-state index < -0.39 is 12.0 Å². The second-order valence-corrected chi connectivity index (χ2v) is 5.69. The molecule has 0 aliphatic heterocycles. The van der Waals surface area contributed by atoms with E-state index in [0.29, 0.717) is 18.6 Å². The van der Waals surface area contributed by atoms with Gasteiger partial charge in [0.25, 0.3) is 0 Å². The van der Waals surface area contributed by atoms with Gasteiger partial charge in [0.1, 0.15) is 6.04 Å². The van der Waals surface area contributed by atoms with E-state index in [1.807, 2.05) is 31.2 Å². The van der Waals surface area contributed by atoms with E-state index >= 15 is 0 Å². The molecule has 0 radical (unpaired) electrons. The Hall–Kier alpha value is -1.53. The van der Waals surface area contributed by atoms with Crippen LogP contribution in [0.3, 0.4) is 0 Å². The molecule has 0 unspecified atom stereocenters. The number of amides is 1. The number of nitrogens with one attached hydrogen (secondary N) is 1. The lowest BCUT2D eigenvalue weighted by atomic mass is 10.2. The number of aryl methyl sites for hydroxylation is 1. The van der Waals surface area contributed by atoms with E-state index in [-0.39, 0.29) is 5.91 Å². The predicted octanol–water partition coefficient (Wildman–Crippen LogP) is 1.86. The van der Waals surface area contributed by atoms with Gasteiger partial charge in [-0.3, -0.25) is 9.59 Å². The summed E-state index contributed by atoms with van der Waals surface area (Å²) in [5.41, 5.74) is 7.27. The van der Waals surface area contributed by atoms with Gasteiger partial charge in [-0.2, -0.15) is 11.8 Å². The number of hydrogen-bond donors (Lipinski definition) is 3. The summed E-state index contributed by atoms with van der Waals surface area (Å²) in [5, 5.41) is 11.4. The Morgan fingerprint density at radius 2 is 2.20 bits per heavy atom. The van der Waals surface area contributed by atoms with Gasteiger partial charge >= 0.3 is 5.97 Å². The topological polar surface area (TPSA) is 92.4 Å². The summed E-state index contributed by atoms with van der Waals surface area (Å²) in [7, 11) is 0. The van der Waals surface area contributed by atoms with Crippen LogP contribution in [-0.4, -0.2) is 34.5 Å². The van der Waals surface area contributed by atoms with Crippen LogP contribution in [0.2, 0.25) is 0 Å². The van der Waals surface area contributed by atoms with Crippen molar-refractivity contribution >= 4 is 29.3 Å². The van der Waals surface area contributed by atoms with E-state index in [1.54, 1.807) is 0 Å². The summed E-state index contributed by atoms with van der Waals surface area (Å²) in [5.74, 6) is 0.0743. The zero-order valence-electron chi connectivity index (χ0n) is 11.5. The molecule has 1 amide bonds. The van der Waals surface area contributed by atoms with Gasteiger partial charge < -0.3 is 16.2 Å². The standard InChI is InChI=1S/C14H20N2O3S/c1-10-4-2-5-11(8-10)16-13(17)6-3-7-20-9-12(15)14(18)19/h2,4-5,8,12H,3,6-7,9,15H2,1H3,(H,16,17)(H,18,19)/t12-/m0/s1. The summed E-state index contributed by atoms with van der Waals surface area (Å²) in [4.78, 5) is 22.2. The third-order valence-corrected chi connectivity index (χ3v) is 3.78. The van der Waals surface area contributed by atoms with Gasteiger partial charge in [0.05, 0.1) is 0 Å². The lowest BCUT2D eigenvalue weighted by Crippen LogP contribution is -2.32. The predicted molar refractivity (Wildman–Crippen MR) is 82.0 cm³/mol. The maximum Gasteiger partial charge on any atom is 0.321 e. The Kier molecular flexibility index (Phi) is 7.11. The zero-order chi connectivity index (χ0) is 15.0. The van der Waals surface area contributed by atoms with Crippen LogP contribution in [0.4, 0.5) is 5.69 Å². The first kappa shape index (κ1) is 16.5. The molecule has 0 aliphatic carbocycles. The second-order valence-electron chi connectivity index (χ2n) is 4.54. The number of carboxylic acids is 1. The van der Waals surface area contributed by atoms with Crippen molar-refractivity contribution in [3.63, 3.8) is 0 Å². The van der Waals surface area contributed by atoms with Gasteiger partial charge in [-0.05, 0) is 36.8 Å². The Balaban J connectivity index is 2.16. The molecule has 1 aromatic carbocycles. The number of benzene rings is 1. The summed E-state index contributed by atoms with van der Waals surface area (Å²) in [6.45, 7) is 1.97. The molecule has 1 atom stereocenters. The number of nitrogens with two attached hydrogens (primary N) is 1. The van der Waals surface area contributed by atoms with Crippen LogP contribution in [0.15, 0.2) is 24.3 Å². The van der Waals surface area contributed by atoms with Gasteiger partial charge in [0.2, 0.25) is 5.91 Å². The average molecular weight is 296 g/mol. The zero-order valence-corrected chi connectivity index (χ0v) is 12.3. The van der Waals surface area contributed by atoms with Crippen LogP contribution >= 0.6 is 11.8 Å². The Morgan fingerprint density at radius 3 is 2.85 bits per heavy atom. The first-order chi connectivity index (χ1) is 9.49. The van der Waals surface area contributed by atoms with Crippen molar-refractivity contribution in [3.05, 3.63) is 29.8 Å². The van der Waals surface area contributed by atoms with Crippen LogP contribution in [0.1, 0.15) is 18.4 Å². The van der Waals surface area contributed by atoms with Gasteiger partial charge in [-0.15, -0.1) is 0 Å². The van der Waals surface area contributed by atoms with E-state index in [1.165, 1.54) is 11.8 Å². The lowest BCUT2D eigenvalue weighted by Gasteiger charge is -2.07. The van der Waals surface area contributed by atoms with Crippen LogP contribution < -0.4 is 11.1 Å². The summed E-state index contributed by atoms with van der Waals surface area (Å²) < 4.78 is 0. The number of rotatable bonds is 8. The molecule has 0 saturated heterocycles. The minimum Gasteiger partial charge on any atom is -0.480 e. The Labute approximate surface area is 122 Å². The minimum absolute atomic E-state index is 0.0290. The van der Waals surface area contributed by atoms with E-state index in [0.717, 1.165) is 17.0 Å². The molecule has 5 nitrogen and oxygen atoms in total. The van der Waals surface area contributed by atoms with E-state index in [4.69, 9.17) is 10.8 Å². The molecular formula is C14H20N2O3S.